The Bertz CT molecular complexity index is 347. The predicted octanol–water partition coefficient (Wildman–Crippen LogP) is -0.0161. The average Bonchev–Trinajstić information content (AvgIpc) is 2.69. The summed E-state index contributed by atoms with van der Waals surface area (Å²) < 4.78 is 0. The Kier molecular flexibility index (Phi) is 7.67. The standard InChI is InChI=1S/C15H30N4O2/c1-4-6-13(11-16)15(21)19-8-5-7-18(9-10-19)12-14(20)17(2)3/h13H,4-12,16H2,1-3H3. The molecule has 0 bridgehead atoms. The van der Waals surface area contributed by atoms with Crippen molar-refractivity contribution in [2.45, 2.75) is 26.2 Å². The number of nitrogens with two attached hydrogens (primary N) is 1. The van der Waals surface area contributed by atoms with E-state index in [1.807, 2.05) is 4.90 Å². The Morgan fingerprint density at radius 3 is 2.48 bits per heavy atom. The van der Waals surface area contributed by atoms with Gasteiger partial charge in [-0.1, -0.05) is 13.3 Å². The van der Waals surface area contributed by atoms with Crippen LogP contribution in [0.15, 0.2) is 0 Å². The zero-order chi connectivity index (χ0) is 15.8. The fourth-order valence-electron chi connectivity index (χ4n) is 2.63. The van der Waals surface area contributed by atoms with E-state index >= 15 is 0 Å². The van der Waals surface area contributed by atoms with Gasteiger partial charge >= 0.3 is 0 Å². The summed E-state index contributed by atoms with van der Waals surface area (Å²) in [7, 11) is 3.54. The van der Waals surface area contributed by atoms with Gasteiger partial charge in [-0.15, -0.1) is 0 Å². The molecular weight excluding hydrogens is 268 g/mol. The van der Waals surface area contributed by atoms with Gasteiger partial charge in [-0.2, -0.15) is 0 Å². The molecule has 2 N–H and O–H groups in total. The molecule has 0 spiro atoms. The van der Waals surface area contributed by atoms with E-state index in [-0.39, 0.29) is 17.7 Å². The summed E-state index contributed by atoms with van der Waals surface area (Å²) >= 11 is 0. The third kappa shape index (κ3) is 5.63. The Hall–Kier alpha value is -1.14. The molecule has 6 heteroatoms. The number of nitrogens with zero attached hydrogens (tertiary/aromatic N) is 3. The quantitative estimate of drug-likeness (QED) is 0.748. The molecule has 1 fully saturated rings. The molecule has 2 amide bonds. The summed E-state index contributed by atoms with van der Waals surface area (Å²) in [5, 5.41) is 0. The fourth-order valence-corrected chi connectivity index (χ4v) is 2.63. The van der Waals surface area contributed by atoms with Crippen molar-refractivity contribution in [2.75, 3.05) is 53.4 Å². The molecule has 1 unspecified atom stereocenters. The van der Waals surface area contributed by atoms with Crippen LogP contribution in [0.25, 0.3) is 0 Å². The highest BCUT2D eigenvalue weighted by Crippen LogP contribution is 2.12. The number of hydrogen-bond donors (Lipinski definition) is 1. The molecule has 1 heterocycles. The maximum atomic E-state index is 12.5. The van der Waals surface area contributed by atoms with Crippen molar-refractivity contribution < 1.29 is 9.59 Å². The molecule has 0 aromatic carbocycles. The van der Waals surface area contributed by atoms with E-state index < -0.39 is 0 Å². The van der Waals surface area contributed by atoms with E-state index in [2.05, 4.69) is 11.8 Å². The van der Waals surface area contributed by atoms with Gasteiger partial charge in [-0.25, -0.2) is 0 Å². The van der Waals surface area contributed by atoms with Gasteiger partial charge in [0.15, 0.2) is 0 Å². The van der Waals surface area contributed by atoms with Crippen molar-refractivity contribution >= 4 is 11.8 Å². The summed E-state index contributed by atoms with van der Waals surface area (Å²) in [6.45, 7) is 6.02. The van der Waals surface area contributed by atoms with Crippen LogP contribution in [0.3, 0.4) is 0 Å². The highest BCUT2D eigenvalue weighted by molar-refractivity contribution is 5.79. The van der Waals surface area contributed by atoms with Crippen molar-refractivity contribution in [2.24, 2.45) is 11.7 Å². The number of carbonyl (C=O) groups is 2. The second-order valence-electron chi connectivity index (χ2n) is 5.96. The van der Waals surface area contributed by atoms with E-state index in [4.69, 9.17) is 5.73 Å². The second kappa shape index (κ2) is 9.00. The highest BCUT2D eigenvalue weighted by Gasteiger charge is 2.25. The Morgan fingerprint density at radius 2 is 1.90 bits per heavy atom. The molecule has 0 saturated carbocycles. The van der Waals surface area contributed by atoms with Gasteiger partial charge in [0.2, 0.25) is 11.8 Å². The third-order valence-corrected chi connectivity index (χ3v) is 4.03. The minimum Gasteiger partial charge on any atom is -0.348 e. The first kappa shape index (κ1) is 17.9. The summed E-state index contributed by atoms with van der Waals surface area (Å²) in [6.07, 6.45) is 2.75. The van der Waals surface area contributed by atoms with Crippen LogP contribution in [0, 0.1) is 5.92 Å². The van der Waals surface area contributed by atoms with Gasteiger partial charge in [-0.3, -0.25) is 14.5 Å². The first-order valence-electron chi connectivity index (χ1n) is 7.91. The third-order valence-electron chi connectivity index (χ3n) is 4.03. The topological polar surface area (TPSA) is 69.9 Å². The van der Waals surface area contributed by atoms with Gasteiger partial charge < -0.3 is 15.5 Å². The van der Waals surface area contributed by atoms with E-state index in [0.29, 0.717) is 19.6 Å². The summed E-state index contributed by atoms with van der Waals surface area (Å²) in [5.74, 6) is 0.241. The van der Waals surface area contributed by atoms with Gasteiger partial charge in [-0.05, 0) is 12.8 Å². The van der Waals surface area contributed by atoms with Gasteiger partial charge in [0.1, 0.15) is 0 Å². The maximum absolute atomic E-state index is 12.5. The lowest BCUT2D eigenvalue weighted by molar-refractivity contribution is -0.135. The highest BCUT2D eigenvalue weighted by atomic mass is 16.2. The fraction of sp³-hybridized carbons (Fsp3) is 0.867. The molecule has 122 valence electrons. The van der Waals surface area contributed by atoms with Crippen LogP contribution >= 0.6 is 0 Å². The largest absolute Gasteiger partial charge is 0.348 e. The van der Waals surface area contributed by atoms with Gasteiger partial charge in [0.05, 0.1) is 12.5 Å². The first-order valence-corrected chi connectivity index (χ1v) is 7.91. The average molecular weight is 298 g/mol. The zero-order valence-corrected chi connectivity index (χ0v) is 13.7. The Balaban J connectivity index is 2.51. The Morgan fingerprint density at radius 1 is 1.19 bits per heavy atom. The lowest BCUT2D eigenvalue weighted by Crippen LogP contribution is -2.42. The van der Waals surface area contributed by atoms with Crippen molar-refractivity contribution in [1.82, 2.24) is 14.7 Å². The van der Waals surface area contributed by atoms with Crippen LogP contribution < -0.4 is 5.73 Å². The van der Waals surface area contributed by atoms with E-state index in [1.54, 1.807) is 19.0 Å². The maximum Gasteiger partial charge on any atom is 0.236 e. The number of hydrogen-bond acceptors (Lipinski definition) is 4. The molecule has 0 aliphatic carbocycles. The summed E-state index contributed by atoms with van der Waals surface area (Å²) in [5.41, 5.74) is 5.72. The molecule has 0 aromatic heterocycles. The van der Waals surface area contributed by atoms with Crippen LogP contribution in [-0.4, -0.2) is 79.9 Å². The number of carbonyl (C=O) groups excluding carboxylic acids is 2. The van der Waals surface area contributed by atoms with E-state index in [1.165, 1.54) is 0 Å². The summed E-state index contributed by atoms with van der Waals surface area (Å²) in [4.78, 5) is 29.9. The minimum atomic E-state index is -0.0510. The normalized spacial score (nSPS) is 18.2. The van der Waals surface area contributed by atoms with Crippen molar-refractivity contribution in [1.29, 1.82) is 0 Å². The molecular formula is C15H30N4O2. The van der Waals surface area contributed by atoms with E-state index in [0.717, 1.165) is 38.9 Å². The van der Waals surface area contributed by atoms with Crippen LogP contribution in [-0.2, 0) is 9.59 Å². The first-order chi connectivity index (χ1) is 9.99. The van der Waals surface area contributed by atoms with Crippen molar-refractivity contribution in [3.63, 3.8) is 0 Å². The lowest BCUT2D eigenvalue weighted by Gasteiger charge is -2.26. The SMILES string of the molecule is CCCC(CN)C(=O)N1CCCN(CC(=O)N(C)C)CC1. The van der Waals surface area contributed by atoms with E-state index in [9.17, 15) is 9.59 Å². The molecule has 1 atom stereocenters. The molecule has 1 aliphatic heterocycles. The van der Waals surface area contributed by atoms with Gasteiger partial charge in [0.25, 0.3) is 0 Å². The molecule has 0 radical (unpaired) electrons. The second-order valence-corrected chi connectivity index (χ2v) is 5.96. The molecule has 21 heavy (non-hydrogen) atoms. The molecule has 1 aliphatic rings. The van der Waals surface area contributed by atoms with Crippen molar-refractivity contribution in [3.05, 3.63) is 0 Å². The molecule has 1 rings (SSSR count). The van der Waals surface area contributed by atoms with Gasteiger partial charge in [0, 0.05) is 46.8 Å². The lowest BCUT2D eigenvalue weighted by atomic mass is 10.0. The molecule has 1 saturated heterocycles. The smallest absolute Gasteiger partial charge is 0.236 e. The van der Waals surface area contributed by atoms with Crippen LogP contribution in [0.5, 0.6) is 0 Å². The monoisotopic (exact) mass is 298 g/mol. The molecule has 6 nitrogen and oxygen atoms in total. The molecule has 0 aromatic rings. The number of likely N-dealkylation sites (N-methyl/N-ethyl adjacent to an activating group) is 1. The summed E-state index contributed by atoms with van der Waals surface area (Å²) in [6, 6.07) is 0. The van der Waals surface area contributed by atoms with Crippen LogP contribution in [0.1, 0.15) is 26.2 Å². The van der Waals surface area contributed by atoms with Crippen molar-refractivity contribution in [3.8, 4) is 0 Å². The number of amides is 2. The number of rotatable bonds is 6. The minimum absolute atomic E-state index is 0.0510. The zero-order valence-electron chi connectivity index (χ0n) is 13.7. The van der Waals surface area contributed by atoms with Crippen LogP contribution in [0.4, 0.5) is 0 Å². The predicted molar refractivity (Wildman–Crippen MR) is 83.8 cm³/mol. The van der Waals surface area contributed by atoms with Crippen LogP contribution in [0.2, 0.25) is 0 Å². The Labute approximate surface area is 128 Å².